The Morgan fingerprint density at radius 1 is 1.12 bits per heavy atom. The molecule has 10 heteroatoms. The topological polar surface area (TPSA) is 129 Å². The van der Waals surface area contributed by atoms with Crippen LogP contribution in [0, 0.1) is 5.92 Å². The van der Waals surface area contributed by atoms with Crippen LogP contribution in [0.25, 0.3) is 0 Å². The summed E-state index contributed by atoms with van der Waals surface area (Å²) in [5.41, 5.74) is 4.70. The summed E-state index contributed by atoms with van der Waals surface area (Å²) in [4.78, 5) is 41.2. The van der Waals surface area contributed by atoms with Crippen molar-refractivity contribution in [1.29, 1.82) is 0 Å². The van der Waals surface area contributed by atoms with Gasteiger partial charge in [-0.05, 0) is 36.6 Å². The van der Waals surface area contributed by atoms with E-state index in [-0.39, 0.29) is 37.2 Å². The van der Waals surface area contributed by atoms with Crippen molar-refractivity contribution in [2.75, 3.05) is 44.1 Å². The van der Waals surface area contributed by atoms with Crippen LogP contribution in [-0.4, -0.2) is 48.9 Å². The quantitative estimate of drug-likeness (QED) is 0.505. The van der Waals surface area contributed by atoms with E-state index in [1.165, 1.54) is 16.6 Å². The molecule has 0 atom stereocenters. The minimum Gasteiger partial charge on any atom is -0.494 e. The number of carbonyl (C=O) groups is 1. The molecule has 1 amide bonds. The second kappa shape index (κ2) is 11.9. The van der Waals surface area contributed by atoms with Gasteiger partial charge in [-0.3, -0.25) is 24.0 Å². The summed E-state index contributed by atoms with van der Waals surface area (Å²) >= 11 is 0. The highest BCUT2D eigenvalue weighted by molar-refractivity contribution is 5.96. The summed E-state index contributed by atoms with van der Waals surface area (Å²) in [6.45, 7) is 6.65. The molecule has 176 valence electrons. The predicted molar refractivity (Wildman–Crippen MR) is 123 cm³/mol. The highest BCUT2D eigenvalue weighted by Gasteiger charge is 2.24. The summed E-state index contributed by atoms with van der Waals surface area (Å²) in [5, 5.41) is 0. The minimum atomic E-state index is -0.741. The summed E-state index contributed by atoms with van der Waals surface area (Å²) in [5.74, 6) is 0.707. The predicted octanol–water partition coefficient (Wildman–Crippen LogP) is 1.62. The van der Waals surface area contributed by atoms with Gasteiger partial charge in [-0.1, -0.05) is 20.8 Å². The van der Waals surface area contributed by atoms with Crippen molar-refractivity contribution in [3.63, 3.8) is 0 Å². The Hall–Kier alpha value is -3.27. The molecule has 0 fully saturated rings. The maximum atomic E-state index is 13.0. The van der Waals surface area contributed by atoms with E-state index in [2.05, 4.69) is 4.98 Å². The van der Waals surface area contributed by atoms with Gasteiger partial charge in [-0.15, -0.1) is 0 Å². The third-order valence-corrected chi connectivity index (χ3v) is 4.51. The largest absolute Gasteiger partial charge is 0.494 e. The molecule has 0 saturated heterocycles. The molecule has 0 aliphatic heterocycles. The monoisotopic (exact) mass is 448 g/mol. The number of ether oxygens (including phenoxy) is 3. The first-order chi connectivity index (χ1) is 15.3. The van der Waals surface area contributed by atoms with Gasteiger partial charge in [0, 0.05) is 20.2 Å². The van der Waals surface area contributed by atoms with Crippen LogP contribution >= 0.6 is 0 Å². The molecule has 1 aromatic heterocycles. The number of benzene rings is 1. The fraction of sp³-hybridized carbons (Fsp3) is 0.500. The average molecular weight is 449 g/mol. The molecule has 2 rings (SSSR count). The number of aromatic amines is 1. The van der Waals surface area contributed by atoms with Gasteiger partial charge in [-0.2, -0.15) is 0 Å². The van der Waals surface area contributed by atoms with Gasteiger partial charge in [0.05, 0.1) is 13.2 Å². The van der Waals surface area contributed by atoms with Crippen LogP contribution in [-0.2, 0) is 16.1 Å². The van der Waals surface area contributed by atoms with E-state index in [0.29, 0.717) is 24.7 Å². The number of nitrogens with two attached hydrogens (primary N) is 1. The summed E-state index contributed by atoms with van der Waals surface area (Å²) in [6.07, 6.45) is 0.900. The Labute approximate surface area is 186 Å². The molecule has 0 unspecified atom stereocenters. The molecular formula is C22H32N4O6. The third-order valence-electron chi connectivity index (χ3n) is 4.51. The number of hydrogen-bond acceptors (Lipinski definition) is 7. The molecular weight excluding hydrogens is 416 g/mol. The molecule has 1 heterocycles. The van der Waals surface area contributed by atoms with E-state index < -0.39 is 17.2 Å². The Kier molecular flexibility index (Phi) is 9.33. The fourth-order valence-corrected chi connectivity index (χ4v) is 3.00. The Morgan fingerprint density at radius 2 is 1.75 bits per heavy atom. The van der Waals surface area contributed by atoms with Crippen LogP contribution in [0.3, 0.4) is 0 Å². The highest BCUT2D eigenvalue weighted by Crippen LogP contribution is 2.20. The third kappa shape index (κ3) is 6.61. The first-order valence-electron chi connectivity index (χ1n) is 10.6. The Bertz CT molecular complexity index is 997. The first-order valence-corrected chi connectivity index (χ1v) is 10.6. The molecule has 10 nitrogen and oxygen atoms in total. The van der Waals surface area contributed by atoms with Crippen LogP contribution in [0.1, 0.15) is 27.2 Å². The van der Waals surface area contributed by atoms with Crippen LogP contribution in [0.2, 0.25) is 0 Å². The minimum absolute atomic E-state index is 0.0651. The zero-order valence-electron chi connectivity index (χ0n) is 19.1. The number of amides is 1. The van der Waals surface area contributed by atoms with E-state index in [0.717, 1.165) is 6.42 Å². The lowest BCUT2D eigenvalue weighted by Crippen LogP contribution is -2.44. The summed E-state index contributed by atoms with van der Waals surface area (Å²) < 4.78 is 17.5. The molecule has 0 spiro atoms. The normalized spacial score (nSPS) is 10.9. The Balaban J connectivity index is 2.25. The van der Waals surface area contributed by atoms with Gasteiger partial charge < -0.3 is 19.9 Å². The van der Waals surface area contributed by atoms with Gasteiger partial charge >= 0.3 is 5.69 Å². The van der Waals surface area contributed by atoms with Gasteiger partial charge in [0.15, 0.2) is 12.3 Å². The van der Waals surface area contributed by atoms with Crippen LogP contribution < -0.4 is 31.4 Å². The molecule has 3 N–H and O–H groups in total. The maximum absolute atomic E-state index is 13.0. The number of carbonyl (C=O) groups excluding carboxylic acids is 1. The summed E-state index contributed by atoms with van der Waals surface area (Å²) in [7, 11) is 1.48. The summed E-state index contributed by atoms with van der Waals surface area (Å²) in [6, 6.07) is 6.90. The number of aromatic nitrogens is 2. The second-order valence-electron chi connectivity index (χ2n) is 7.64. The average Bonchev–Trinajstić information content (AvgIpc) is 2.76. The van der Waals surface area contributed by atoms with Gasteiger partial charge in [0.1, 0.15) is 17.3 Å². The lowest BCUT2D eigenvalue weighted by atomic mass is 10.2. The number of hydrogen-bond donors (Lipinski definition) is 2. The van der Waals surface area contributed by atoms with Crippen LogP contribution in [0.15, 0.2) is 33.9 Å². The van der Waals surface area contributed by atoms with Crippen LogP contribution in [0.5, 0.6) is 11.5 Å². The number of methoxy groups -OCH3 is 1. The van der Waals surface area contributed by atoms with E-state index in [1.54, 1.807) is 24.3 Å². The van der Waals surface area contributed by atoms with Crippen molar-refractivity contribution in [3.05, 3.63) is 45.1 Å². The number of anilines is 2. The molecule has 0 saturated carbocycles. The molecule has 2 aromatic rings. The number of nitrogens with one attached hydrogen (secondary N) is 1. The van der Waals surface area contributed by atoms with Crippen molar-refractivity contribution in [3.8, 4) is 11.5 Å². The van der Waals surface area contributed by atoms with Crippen molar-refractivity contribution in [2.45, 2.75) is 33.7 Å². The lowest BCUT2D eigenvalue weighted by Gasteiger charge is -2.24. The SMILES string of the molecule is CCCOc1ccc(OCC(=O)N(CCOC)c2c(N)n(CC(C)C)c(=O)[nH]c2=O)cc1. The highest BCUT2D eigenvalue weighted by atomic mass is 16.5. The molecule has 32 heavy (non-hydrogen) atoms. The van der Waals surface area contributed by atoms with E-state index in [1.807, 2.05) is 20.8 Å². The van der Waals surface area contributed by atoms with Crippen molar-refractivity contribution in [1.82, 2.24) is 9.55 Å². The van der Waals surface area contributed by atoms with Crippen LogP contribution in [0.4, 0.5) is 11.5 Å². The van der Waals surface area contributed by atoms with Crippen molar-refractivity contribution in [2.24, 2.45) is 5.92 Å². The van der Waals surface area contributed by atoms with E-state index in [9.17, 15) is 14.4 Å². The Morgan fingerprint density at radius 3 is 2.31 bits per heavy atom. The van der Waals surface area contributed by atoms with Crippen molar-refractivity contribution >= 4 is 17.4 Å². The van der Waals surface area contributed by atoms with Gasteiger partial charge in [0.2, 0.25) is 0 Å². The standard InChI is InChI=1S/C22H32N4O6/c1-5-11-31-16-6-8-17(9-7-16)32-14-18(27)25(10-12-30-4)19-20(23)26(13-15(2)3)22(29)24-21(19)28/h6-9,15H,5,10-14,23H2,1-4H3,(H,24,28,29). The van der Waals surface area contributed by atoms with Crippen molar-refractivity contribution < 1.29 is 19.0 Å². The fourth-order valence-electron chi connectivity index (χ4n) is 3.00. The lowest BCUT2D eigenvalue weighted by molar-refractivity contribution is -0.120. The number of nitrogens with zero attached hydrogens (tertiary/aromatic N) is 2. The molecule has 0 aliphatic rings. The molecule has 0 radical (unpaired) electrons. The first kappa shape index (κ1) is 25.0. The number of nitrogen functional groups attached to an aromatic ring is 1. The zero-order chi connectivity index (χ0) is 23.7. The van der Waals surface area contributed by atoms with Gasteiger partial charge in [0.25, 0.3) is 11.5 Å². The maximum Gasteiger partial charge on any atom is 0.330 e. The number of H-pyrrole nitrogens is 1. The van der Waals surface area contributed by atoms with E-state index in [4.69, 9.17) is 19.9 Å². The zero-order valence-corrected chi connectivity index (χ0v) is 19.1. The molecule has 0 bridgehead atoms. The second-order valence-corrected chi connectivity index (χ2v) is 7.64. The molecule has 1 aromatic carbocycles. The smallest absolute Gasteiger partial charge is 0.330 e. The number of rotatable bonds is 12. The van der Waals surface area contributed by atoms with E-state index >= 15 is 0 Å². The van der Waals surface area contributed by atoms with Gasteiger partial charge in [-0.25, -0.2) is 4.79 Å². The molecule has 0 aliphatic carbocycles.